The molecule has 0 amide bonds. The van der Waals surface area contributed by atoms with E-state index in [-0.39, 0.29) is 6.92 Å². The van der Waals surface area contributed by atoms with Crippen LogP contribution in [0.5, 0.6) is 5.75 Å². The van der Waals surface area contributed by atoms with Gasteiger partial charge in [0.25, 0.3) is 0 Å². The van der Waals surface area contributed by atoms with E-state index in [4.69, 9.17) is 4.65 Å². The number of fused-ring (bicyclic) bond motifs is 1. The standard InChI is InChI=1S/C25H19BN2O/c1-3-11-20(12-4-1)26(21-13-5-2-6-14-21)29-24-17-8-7-15-22(24)25-23-16-9-10-18-28(23)19-27-25/h1-19H. The number of pyridine rings is 1. The van der Waals surface area contributed by atoms with Gasteiger partial charge < -0.3 is 9.06 Å². The Hall–Kier alpha value is -3.79. The van der Waals surface area contributed by atoms with Crippen LogP contribution in [0.1, 0.15) is 0 Å². The van der Waals surface area contributed by atoms with Gasteiger partial charge >= 0.3 is 6.92 Å². The molecular weight excluding hydrogens is 355 g/mol. The number of benzene rings is 3. The maximum absolute atomic E-state index is 6.64. The summed E-state index contributed by atoms with van der Waals surface area (Å²) in [5.41, 5.74) is 5.19. The molecule has 3 nitrogen and oxygen atoms in total. The molecule has 0 unspecified atom stereocenters. The average molecular weight is 374 g/mol. The second kappa shape index (κ2) is 7.68. The second-order valence-corrected chi connectivity index (χ2v) is 6.90. The summed E-state index contributed by atoms with van der Waals surface area (Å²) >= 11 is 0. The van der Waals surface area contributed by atoms with Crippen LogP contribution in [0.4, 0.5) is 0 Å². The lowest BCUT2D eigenvalue weighted by atomic mass is 9.55. The highest BCUT2D eigenvalue weighted by Gasteiger charge is 2.25. The smallest absolute Gasteiger partial charge is 0.426 e. The first kappa shape index (κ1) is 17.3. The Labute approximate surface area is 170 Å². The van der Waals surface area contributed by atoms with E-state index in [2.05, 4.69) is 41.4 Å². The summed E-state index contributed by atoms with van der Waals surface area (Å²) in [6.07, 6.45) is 3.85. The van der Waals surface area contributed by atoms with Gasteiger partial charge in [-0.15, -0.1) is 0 Å². The highest BCUT2D eigenvalue weighted by molar-refractivity contribution is 6.80. The van der Waals surface area contributed by atoms with Crippen LogP contribution < -0.4 is 15.6 Å². The third-order valence-corrected chi connectivity index (χ3v) is 5.04. The van der Waals surface area contributed by atoms with Crippen LogP contribution in [0.3, 0.4) is 0 Å². The summed E-state index contributed by atoms with van der Waals surface area (Å²) in [7, 11) is 0. The van der Waals surface area contributed by atoms with E-state index < -0.39 is 0 Å². The molecule has 0 saturated carbocycles. The van der Waals surface area contributed by atoms with Gasteiger partial charge in [0.15, 0.2) is 0 Å². The van der Waals surface area contributed by atoms with Crippen LogP contribution in [0.25, 0.3) is 16.8 Å². The minimum absolute atomic E-state index is 0.201. The molecule has 0 spiro atoms. The fourth-order valence-corrected chi connectivity index (χ4v) is 3.63. The third kappa shape index (κ3) is 3.41. The number of imidazole rings is 1. The summed E-state index contributed by atoms with van der Waals surface area (Å²) < 4.78 is 8.67. The Morgan fingerprint density at radius 3 is 2.00 bits per heavy atom. The molecule has 0 aliphatic carbocycles. The van der Waals surface area contributed by atoms with Crippen molar-refractivity contribution in [3.05, 3.63) is 116 Å². The Kier molecular flexibility index (Phi) is 4.59. The molecule has 0 atom stereocenters. The molecule has 2 heterocycles. The van der Waals surface area contributed by atoms with E-state index in [1.165, 1.54) is 0 Å². The molecule has 0 N–H and O–H groups in total. The van der Waals surface area contributed by atoms with Gasteiger partial charge in [-0.3, -0.25) is 0 Å². The van der Waals surface area contributed by atoms with Gasteiger partial charge in [0, 0.05) is 11.8 Å². The molecule has 0 aliphatic heterocycles. The Balaban J connectivity index is 1.61. The first-order valence-electron chi connectivity index (χ1n) is 9.68. The first-order valence-corrected chi connectivity index (χ1v) is 9.68. The summed E-state index contributed by atoms with van der Waals surface area (Å²) in [4.78, 5) is 4.66. The molecule has 3 aromatic carbocycles. The third-order valence-electron chi connectivity index (χ3n) is 5.04. The van der Waals surface area contributed by atoms with Gasteiger partial charge in [-0.1, -0.05) is 78.9 Å². The number of aromatic nitrogens is 2. The second-order valence-electron chi connectivity index (χ2n) is 6.90. The van der Waals surface area contributed by atoms with Crippen LogP contribution in [-0.2, 0) is 0 Å². The van der Waals surface area contributed by atoms with Crippen molar-refractivity contribution in [1.82, 2.24) is 9.38 Å². The normalized spacial score (nSPS) is 10.8. The van der Waals surface area contributed by atoms with Crippen LogP contribution in [0.2, 0.25) is 0 Å². The lowest BCUT2D eigenvalue weighted by Crippen LogP contribution is -2.47. The molecule has 0 saturated heterocycles. The maximum atomic E-state index is 6.64. The monoisotopic (exact) mass is 374 g/mol. The number of para-hydroxylation sites is 1. The predicted octanol–water partition coefficient (Wildman–Crippen LogP) is 4.19. The first-order chi connectivity index (χ1) is 14.4. The fraction of sp³-hybridized carbons (Fsp3) is 0. The summed E-state index contributed by atoms with van der Waals surface area (Å²) in [5.74, 6) is 0.814. The van der Waals surface area contributed by atoms with Crippen molar-refractivity contribution in [2.24, 2.45) is 0 Å². The Bertz CT molecular complexity index is 1200. The zero-order valence-electron chi connectivity index (χ0n) is 15.8. The zero-order valence-corrected chi connectivity index (χ0v) is 15.8. The highest BCUT2D eigenvalue weighted by atomic mass is 16.4. The fourth-order valence-electron chi connectivity index (χ4n) is 3.63. The quantitative estimate of drug-likeness (QED) is 0.432. The van der Waals surface area contributed by atoms with Crippen molar-refractivity contribution in [1.29, 1.82) is 0 Å². The molecular formula is C25H19BN2O. The topological polar surface area (TPSA) is 26.5 Å². The average Bonchev–Trinajstić information content (AvgIpc) is 3.23. The van der Waals surface area contributed by atoms with Crippen molar-refractivity contribution in [2.45, 2.75) is 0 Å². The molecule has 138 valence electrons. The van der Waals surface area contributed by atoms with Gasteiger partial charge in [-0.05, 0) is 35.2 Å². The van der Waals surface area contributed by atoms with Crippen LogP contribution >= 0.6 is 0 Å². The van der Waals surface area contributed by atoms with Crippen molar-refractivity contribution in [2.75, 3.05) is 0 Å². The van der Waals surface area contributed by atoms with E-state index in [9.17, 15) is 0 Å². The van der Waals surface area contributed by atoms with Gasteiger partial charge in [-0.25, -0.2) is 4.98 Å². The molecule has 4 heteroatoms. The van der Waals surface area contributed by atoms with Crippen LogP contribution in [0.15, 0.2) is 116 Å². The minimum Gasteiger partial charge on any atom is -0.551 e. The molecule has 29 heavy (non-hydrogen) atoms. The van der Waals surface area contributed by atoms with E-state index in [1.54, 1.807) is 0 Å². The van der Waals surface area contributed by atoms with E-state index in [0.29, 0.717) is 0 Å². The molecule has 0 fully saturated rings. The van der Waals surface area contributed by atoms with E-state index in [1.807, 2.05) is 83.7 Å². The SMILES string of the molecule is c1ccc(B(Oc2ccccc2-c2ncn3ccccc23)c2ccccc2)cc1. The number of nitrogens with zero attached hydrogens (tertiary/aromatic N) is 2. The van der Waals surface area contributed by atoms with Crippen molar-refractivity contribution in [3.8, 4) is 17.0 Å². The number of rotatable bonds is 5. The number of hydrogen-bond acceptors (Lipinski definition) is 2. The minimum atomic E-state index is -0.201. The van der Waals surface area contributed by atoms with Crippen LogP contribution in [0, 0.1) is 0 Å². The molecule has 5 rings (SSSR count). The maximum Gasteiger partial charge on any atom is 0.426 e. The Morgan fingerprint density at radius 1 is 0.655 bits per heavy atom. The van der Waals surface area contributed by atoms with Crippen molar-refractivity contribution in [3.63, 3.8) is 0 Å². The zero-order chi connectivity index (χ0) is 19.5. The summed E-state index contributed by atoms with van der Waals surface area (Å²) in [5, 5.41) is 0. The molecule has 5 aromatic rings. The van der Waals surface area contributed by atoms with Gasteiger partial charge in [0.1, 0.15) is 5.75 Å². The molecule has 0 bridgehead atoms. The molecule has 0 radical (unpaired) electrons. The van der Waals surface area contributed by atoms with E-state index >= 15 is 0 Å². The van der Waals surface area contributed by atoms with Gasteiger partial charge in [-0.2, -0.15) is 0 Å². The van der Waals surface area contributed by atoms with Crippen molar-refractivity contribution < 1.29 is 4.65 Å². The highest BCUT2D eigenvalue weighted by Crippen LogP contribution is 2.32. The summed E-state index contributed by atoms with van der Waals surface area (Å²) in [6.45, 7) is -0.201. The molecule has 2 aromatic heterocycles. The van der Waals surface area contributed by atoms with Crippen LogP contribution in [-0.4, -0.2) is 16.3 Å². The van der Waals surface area contributed by atoms with Crippen molar-refractivity contribution >= 4 is 23.4 Å². The van der Waals surface area contributed by atoms with Gasteiger partial charge in [0.05, 0.1) is 17.5 Å². The summed E-state index contributed by atoms with van der Waals surface area (Å²) in [6, 6.07) is 34.9. The number of hydrogen-bond donors (Lipinski definition) is 0. The largest absolute Gasteiger partial charge is 0.551 e. The van der Waals surface area contributed by atoms with E-state index in [0.717, 1.165) is 33.4 Å². The Morgan fingerprint density at radius 2 is 1.28 bits per heavy atom. The lowest BCUT2D eigenvalue weighted by Gasteiger charge is -2.19. The lowest BCUT2D eigenvalue weighted by molar-refractivity contribution is 0.594. The molecule has 0 aliphatic rings. The van der Waals surface area contributed by atoms with Gasteiger partial charge in [0.2, 0.25) is 0 Å². The predicted molar refractivity (Wildman–Crippen MR) is 119 cm³/mol.